The summed E-state index contributed by atoms with van der Waals surface area (Å²) in [6.07, 6.45) is 2.76. The lowest BCUT2D eigenvalue weighted by molar-refractivity contribution is 0.607. The number of sulfonamides is 1. The van der Waals surface area contributed by atoms with E-state index in [0.29, 0.717) is 32.7 Å². The van der Waals surface area contributed by atoms with E-state index in [2.05, 4.69) is 26.6 Å². The summed E-state index contributed by atoms with van der Waals surface area (Å²) in [5, 5.41) is 4.11. The Hall–Kier alpha value is -3.13. The molecule has 0 spiro atoms. The van der Waals surface area contributed by atoms with Crippen molar-refractivity contribution in [2.45, 2.75) is 0 Å². The number of rotatable bonds is 6. The third-order valence-electron chi connectivity index (χ3n) is 4.58. The summed E-state index contributed by atoms with van der Waals surface area (Å²) in [5.74, 6) is 0. The quantitative estimate of drug-likeness (QED) is 0.347. The smallest absolute Gasteiger partial charge is 0.229 e. The second kappa shape index (κ2) is 8.78. The number of benzene rings is 3. The van der Waals surface area contributed by atoms with Crippen LogP contribution in [0.3, 0.4) is 0 Å². The number of aromatic nitrogens is 2. The largest absolute Gasteiger partial charge is 0.355 e. The van der Waals surface area contributed by atoms with E-state index in [1.165, 1.54) is 6.07 Å². The van der Waals surface area contributed by atoms with Crippen LogP contribution < -0.4 is 10.0 Å². The molecule has 32 heavy (non-hydrogen) atoms. The molecular weight excluding hydrogens is 467 g/mol. The molecular formula is C23H18Cl2N4O2S. The number of nitrogens with zero attached hydrogens (tertiary/aromatic N) is 2. The molecule has 1 aromatic heterocycles. The fourth-order valence-corrected chi connectivity index (χ4v) is 4.23. The Balaban J connectivity index is 1.60. The molecule has 0 aliphatic heterocycles. The summed E-state index contributed by atoms with van der Waals surface area (Å²) in [5.41, 5.74) is 5.23. The highest BCUT2D eigenvalue weighted by molar-refractivity contribution is 7.92. The van der Waals surface area contributed by atoms with E-state index in [-0.39, 0.29) is 0 Å². The highest BCUT2D eigenvalue weighted by atomic mass is 35.5. The second-order valence-electron chi connectivity index (χ2n) is 7.11. The van der Waals surface area contributed by atoms with E-state index in [1.807, 2.05) is 36.4 Å². The topological polar surface area (TPSA) is 84.0 Å². The monoisotopic (exact) mass is 484 g/mol. The van der Waals surface area contributed by atoms with Gasteiger partial charge in [0.2, 0.25) is 10.0 Å². The molecule has 4 aromatic rings. The zero-order valence-corrected chi connectivity index (χ0v) is 19.3. The molecule has 4 rings (SSSR count). The van der Waals surface area contributed by atoms with Crippen LogP contribution in [-0.2, 0) is 10.0 Å². The minimum Gasteiger partial charge on any atom is -0.355 e. The molecule has 2 N–H and O–H groups in total. The SMILES string of the molecule is C=C(Nc1ccc(Cl)c(-c2cnc3ccccc3n2)c1)c1ccc(NS(C)(=O)=O)cc1Cl. The molecule has 0 aliphatic rings. The Bertz CT molecular complexity index is 1460. The number of fused-ring (bicyclic) bond motifs is 1. The van der Waals surface area contributed by atoms with Crippen LogP contribution in [0.25, 0.3) is 28.0 Å². The molecule has 6 nitrogen and oxygen atoms in total. The fraction of sp³-hybridized carbons (Fsp3) is 0.0435. The summed E-state index contributed by atoms with van der Waals surface area (Å²) >= 11 is 12.8. The fourth-order valence-electron chi connectivity index (χ4n) is 3.17. The van der Waals surface area contributed by atoms with Gasteiger partial charge in [0.25, 0.3) is 0 Å². The standard InChI is InChI=1S/C23H18Cl2N4O2S/c1-14(17-9-7-16(12-20(17)25)29-32(2,30)31)27-15-8-10-19(24)18(11-15)23-13-26-21-5-3-4-6-22(21)28-23/h3-13,27,29H,1H2,2H3. The lowest BCUT2D eigenvalue weighted by Gasteiger charge is -2.14. The van der Waals surface area contributed by atoms with Crippen molar-refractivity contribution in [1.29, 1.82) is 0 Å². The molecule has 1 heterocycles. The van der Waals surface area contributed by atoms with Gasteiger partial charge >= 0.3 is 0 Å². The highest BCUT2D eigenvalue weighted by Crippen LogP contribution is 2.32. The van der Waals surface area contributed by atoms with Crippen LogP contribution in [0.2, 0.25) is 10.0 Å². The van der Waals surface area contributed by atoms with E-state index in [0.717, 1.165) is 28.5 Å². The predicted molar refractivity (Wildman–Crippen MR) is 133 cm³/mol. The molecule has 0 amide bonds. The Morgan fingerprint density at radius 2 is 1.66 bits per heavy atom. The lowest BCUT2D eigenvalue weighted by atomic mass is 10.1. The molecule has 0 saturated carbocycles. The third-order valence-corrected chi connectivity index (χ3v) is 5.83. The van der Waals surface area contributed by atoms with E-state index in [9.17, 15) is 8.42 Å². The van der Waals surface area contributed by atoms with Crippen molar-refractivity contribution >= 4 is 61.3 Å². The normalized spacial score (nSPS) is 11.3. The number of halogens is 2. The number of nitrogens with one attached hydrogen (secondary N) is 2. The van der Waals surface area contributed by atoms with Crippen LogP contribution in [0.15, 0.2) is 73.4 Å². The van der Waals surface area contributed by atoms with Gasteiger partial charge in [-0.2, -0.15) is 0 Å². The first-order chi connectivity index (χ1) is 15.2. The minimum atomic E-state index is -3.39. The average molecular weight is 485 g/mol. The van der Waals surface area contributed by atoms with Crippen molar-refractivity contribution in [3.05, 3.63) is 89.0 Å². The maximum absolute atomic E-state index is 11.4. The second-order valence-corrected chi connectivity index (χ2v) is 9.67. The summed E-state index contributed by atoms with van der Waals surface area (Å²) in [6.45, 7) is 4.06. The zero-order valence-electron chi connectivity index (χ0n) is 16.9. The van der Waals surface area contributed by atoms with Gasteiger partial charge in [-0.05, 0) is 48.5 Å². The third kappa shape index (κ3) is 5.02. The van der Waals surface area contributed by atoms with Gasteiger partial charge in [-0.3, -0.25) is 9.71 Å². The highest BCUT2D eigenvalue weighted by Gasteiger charge is 2.12. The van der Waals surface area contributed by atoms with Gasteiger partial charge in [0.1, 0.15) is 0 Å². The maximum Gasteiger partial charge on any atom is 0.229 e. The van der Waals surface area contributed by atoms with Crippen LogP contribution in [0, 0.1) is 0 Å². The molecule has 0 radical (unpaired) electrons. The molecule has 0 atom stereocenters. The van der Waals surface area contributed by atoms with Gasteiger partial charge in [-0.15, -0.1) is 0 Å². The van der Waals surface area contributed by atoms with Gasteiger partial charge in [0, 0.05) is 28.2 Å². The van der Waals surface area contributed by atoms with Crippen molar-refractivity contribution in [2.75, 3.05) is 16.3 Å². The Kier molecular flexibility index (Phi) is 6.06. The molecule has 0 unspecified atom stereocenters. The zero-order chi connectivity index (χ0) is 22.9. The average Bonchev–Trinajstić information content (AvgIpc) is 2.73. The van der Waals surface area contributed by atoms with E-state index < -0.39 is 10.0 Å². The van der Waals surface area contributed by atoms with Crippen LogP contribution in [-0.4, -0.2) is 24.6 Å². The molecule has 0 fully saturated rings. The molecule has 3 aromatic carbocycles. The molecule has 9 heteroatoms. The number of anilines is 2. The van der Waals surface area contributed by atoms with E-state index in [4.69, 9.17) is 23.2 Å². The first-order valence-electron chi connectivity index (χ1n) is 9.45. The summed E-state index contributed by atoms with van der Waals surface area (Å²) < 4.78 is 25.2. The molecule has 0 bridgehead atoms. The molecule has 0 aliphatic carbocycles. The van der Waals surface area contributed by atoms with Gasteiger partial charge in [-0.1, -0.05) is 41.9 Å². The van der Waals surface area contributed by atoms with E-state index in [1.54, 1.807) is 24.4 Å². The number of hydrogen-bond donors (Lipinski definition) is 2. The first kappa shape index (κ1) is 22.1. The summed E-state index contributed by atoms with van der Waals surface area (Å²) in [4.78, 5) is 9.12. The van der Waals surface area contributed by atoms with Gasteiger partial charge in [-0.25, -0.2) is 13.4 Å². The van der Waals surface area contributed by atoms with Gasteiger partial charge in [0.05, 0.1) is 39.2 Å². The Morgan fingerprint density at radius 3 is 2.38 bits per heavy atom. The summed E-state index contributed by atoms with van der Waals surface area (Å²) in [7, 11) is -3.39. The van der Waals surface area contributed by atoms with Crippen molar-refractivity contribution < 1.29 is 8.42 Å². The van der Waals surface area contributed by atoms with Crippen LogP contribution in [0.1, 0.15) is 5.56 Å². The van der Waals surface area contributed by atoms with Crippen molar-refractivity contribution in [3.8, 4) is 11.3 Å². The number of hydrogen-bond acceptors (Lipinski definition) is 5. The predicted octanol–water partition coefficient (Wildman–Crippen LogP) is 6.06. The van der Waals surface area contributed by atoms with Gasteiger partial charge in [0.15, 0.2) is 0 Å². The van der Waals surface area contributed by atoms with Crippen LogP contribution in [0.4, 0.5) is 11.4 Å². The van der Waals surface area contributed by atoms with E-state index >= 15 is 0 Å². The minimum absolute atomic E-state index is 0.353. The molecule has 162 valence electrons. The van der Waals surface area contributed by atoms with Crippen LogP contribution >= 0.6 is 23.2 Å². The molecule has 0 saturated heterocycles. The lowest BCUT2D eigenvalue weighted by Crippen LogP contribution is -2.09. The van der Waals surface area contributed by atoms with Crippen LogP contribution in [0.5, 0.6) is 0 Å². The number of para-hydroxylation sites is 2. The summed E-state index contributed by atoms with van der Waals surface area (Å²) in [6, 6.07) is 17.9. The van der Waals surface area contributed by atoms with Crippen molar-refractivity contribution in [3.63, 3.8) is 0 Å². The first-order valence-corrected chi connectivity index (χ1v) is 12.1. The van der Waals surface area contributed by atoms with Crippen molar-refractivity contribution in [1.82, 2.24) is 9.97 Å². The Labute approximate surface area is 196 Å². The Morgan fingerprint density at radius 1 is 0.938 bits per heavy atom. The maximum atomic E-state index is 11.4. The van der Waals surface area contributed by atoms with Gasteiger partial charge < -0.3 is 5.32 Å². The van der Waals surface area contributed by atoms with Crippen molar-refractivity contribution in [2.24, 2.45) is 0 Å².